The predicted octanol–water partition coefficient (Wildman–Crippen LogP) is 3.93. The van der Waals surface area contributed by atoms with Gasteiger partial charge in [0.25, 0.3) is 0 Å². The Morgan fingerprint density at radius 2 is 2.04 bits per heavy atom. The number of rotatable bonds is 6. The molecule has 3 aromatic rings. The molecule has 8 heteroatoms. The average Bonchev–Trinajstić information content (AvgIpc) is 3.15. The van der Waals surface area contributed by atoms with Crippen LogP contribution in [0, 0.1) is 5.92 Å². The van der Waals surface area contributed by atoms with Crippen molar-refractivity contribution < 1.29 is 4.52 Å². The van der Waals surface area contributed by atoms with Gasteiger partial charge in [0, 0.05) is 23.2 Å². The van der Waals surface area contributed by atoms with Gasteiger partial charge in [-0.3, -0.25) is 0 Å². The minimum Gasteiger partial charge on any atom is -0.360 e. The Morgan fingerprint density at radius 3 is 2.78 bits per heavy atom. The van der Waals surface area contributed by atoms with E-state index < -0.39 is 0 Å². The molecule has 0 atom stereocenters. The highest BCUT2D eigenvalue weighted by atomic mass is 35.5. The van der Waals surface area contributed by atoms with Crippen LogP contribution in [0.25, 0.3) is 11.3 Å². The number of halogens is 1. The van der Waals surface area contributed by atoms with Gasteiger partial charge in [0.2, 0.25) is 5.16 Å². The first kappa shape index (κ1) is 16.0. The summed E-state index contributed by atoms with van der Waals surface area (Å²) in [6.45, 7) is 5.05. The van der Waals surface area contributed by atoms with Crippen molar-refractivity contribution in [2.45, 2.75) is 31.3 Å². The molecule has 2 heterocycles. The summed E-state index contributed by atoms with van der Waals surface area (Å²) in [6.07, 6.45) is 0. The largest absolute Gasteiger partial charge is 0.360 e. The number of hydrogen-bond acceptors (Lipinski definition) is 6. The van der Waals surface area contributed by atoms with E-state index in [0.29, 0.717) is 16.7 Å². The average molecular weight is 350 g/mol. The van der Waals surface area contributed by atoms with Crippen LogP contribution < -0.4 is 0 Å². The van der Waals surface area contributed by atoms with Gasteiger partial charge in [-0.05, 0) is 28.5 Å². The monoisotopic (exact) mass is 349 g/mol. The summed E-state index contributed by atoms with van der Waals surface area (Å²) in [4.78, 5) is 0. The lowest BCUT2D eigenvalue weighted by molar-refractivity contribution is 0.397. The molecular formula is C15H16ClN5OS. The second-order valence-corrected chi connectivity index (χ2v) is 6.89. The molecule has 0 spiro atoms. The maximum atomic E-state index is 5.89. The lowest BCUT2D eigenvalue weighted by Gasteiger charge is -2.05. The molecule has 0 saturated carbocycles. The summed E-state index contributed by atoms with van der Waals surface area (Å²) in [7, 11) is 0. The Labute approximate surface area is 143 Å². The highest BCUT2D eigenvalue weighted by Gasteiger charge is 2.11. The SMILES string of the molecule is CC(C)Cn1nnnc1SCc1cc(-c2ccc(Cl)cc2)no1. The quantitative estimate of drug-likeness (QED) is 0.628. The molecule has 0 amide bonds. The summed E-state index contributed by atoms with van der Waals surface area (Å²) >= 11 is 7.43. The smallest absolute Gasteiger partial charge is 0.209 e. The summed E-state index contributed by atoms with van der Waals surface area (Å²) in [6, 6.07) is 9.42. The lowest BCUT2D eigenvalue weighted by atomic mass is 10.1. The van der Waals surface area contributed by atoms with E-state index in [4.69, 9.17) is 16.1 Å². The van der Waals surface area contributed by atoms with E-state index in [0.717, 1.165) is 28.7 Å². The highest BCUT2D eigenvalue weighted by Crippen LogP contribution is 2.25. The normalized spacial score (nSPS) is 11.3. The van der Waals surface area contributed by atoms with Gasteiger partial charge in [-0.15, -0.1) is 5.10 Å². The van der Waals surface area contributed by atoms with E-state index in [1.54, 1.807) is 0 Å². The van der Waals surface area contributed by atoms with Gasteiger partial charge >= 0.3 is 0 Å². The maximum Gasteiger partial charge on any atom is 0.209 e. The summed E-state index contributed by atoms with van der Waals surface area (Å²) in [5.41, 5.74) is 1.76. The van der Waals surface area contributed by atoms with E-state index in [1.807, 2.05) is 35.0 Å². The van der Waals surface area contributed by atoms with Crippen LogP contribution >= 0.6 is 23.4 Å². The first-order valence-corrected chi connectivity index (χ1v) is 8.58. The molecule has 0 aliphatic rings. The van der Waals surface area contributed by atoms with E-state index in [1.165, 1.54) is 11.8 Å². The van der Waals surface area contributed by atoms with Crippen molar-refractivity contribution in [2.75, 3.05) is 0 Å². The third kappa shape index (κ3) is 4.11. The number of hydrogen-bond donors (Lipinski definition) is 0. The molecule has 23 heavy (non-hydrogen) atoms. The first-order valence-electron chi connectivity index (χ1n) is 7.22. The zero-order chi connectivity index (χ0) is 16.2. The van der Waals surface area contributed by atoms with Gasteiger partial charge in [-0.1, -0.05) is 54.5 Å². The topological polar surface area (TPSA) is 69.6 Å². The molecule has 6 nitrogen and oxygen atoms in total. The summed E-state index contributed by atoms with van der Waals surface area (Å²) in [5, 5.41) is 17.4. The maximum absolute atomic E-state index is 5.89. The fourth-order valence-corrected chi connectivity index (χ4v) is 2.92. The van der Waals surface area contributed by atoms with Gasteiger partial charge in [-0.2, -0.15) is 0 Å². The molecule has 2 aromatic heterocycles. The second-order valence-electron chi connectivity index (χ2n) is 5.51. The van der Waals surface area contributed by atoms with Crippen molar-refractivity contribution in [1.82, 2.24) is 25.4 Å². The van der Waals surface area contributed by atoms with Crippen molar-refractivity contribution in [1.29, 1.82) is 0 Å². The second kappa shape index (κ2) is 7.14. The molecule has 0 radical (unpaired) electrons. The molecule has 120 valence electrons. The number of nitrogens with zero attached hydrogens (tertiary/aromatic N) is 5. The Morgan fingerprint density at radius 1 is 1.26 bits per heavy atom. The molecule has 1 aromatic carbocycles. The standard InChI is InChI=1S/C15H16ClN5OS/c1-10(2)8-21-15(17-19-20-21)23-9-13-7-14(18-22-13)11-3-5-12(16)6-4-11/h3-7,10H,8-9H2,1-2H3. The van der Waals surface area contributed by atoms with Gasteiger partial charge in [-0.25, -0.2) is 4.68 Å². The first-order chi connectivity index (χ1) is 11.1. The van der Waals surface area contributed by atoms with Crippen LogP contribution in [0.1, 0.15) is 19.6 Å². The van der Waals surface area contributed by atoms with Crippen LogP contribution in [0.4, 0.5) is 0 Å². The number of thioether (sulfide) groups is 1. The number of aromatic nitrogens is 5. The van der Waals surface area contributed by atoms with E-state index in [-0.39, 0.29) is 0 Å². The Bertz CT molecular complexity index is 768. The van der Waals surface area contributed by atoms with Crippen LogP contribution in [-0.2, 0) is 12.3 Å². The molecule has 0 unspecified atom stereocenters. The highest BCUT2D eigenvalue weighted by molar-refractivity contribution is 7.98. The fraction of sp³-hybridized carbons (Fsp3) is 0.333. The number of tetrazole rings is 1. The van der Waals surface area contributed by atoms with Gasteiger partial charge < -0.3 is 4.52 Å². The molecule has 0 saturated heterocycles. The van der Waals surface area contributed by atoms with Crippen LogP contribution in [0.5, 0.6) is 0 Å². The third-order valence-corrected chi connectivity index (χ3v) is 4.31. The Hall–Kier alpha value is -1.86. The van der Waals surface area contributed by atoms with Crippen LogP contribution in [0.2, 0.25) is 5.02 Å². The molecule has 3 rings (SSSR count). The van der Waals surface area contributed by atoms with Crippen molar-refractivity contribution in [3.05, 3.63) is 41.1 Å². The number of benzene rings is 1. The van der Waals surface area contributed by atoms with E-state index in [9.17, 15) is 0 Å². The Kier molecular flexibility index (Phi) is 4.97. The molecule has 0 aliphatic carbocycles. The zero-order valence-electron chi connectivity index (χ0n) is 12.8. The summed E-state index contributed by atoms with van der Waals surface area (Å²) < 4.78 is 7.20. The van der Waals surface area contributed by atoms with Crippen molar-refractivity contribution in [3.8, 4) is 11.3 Å². The molecule has 0 bridgehead atoms. The fourth-order valence-electron chi connectivity index (χ4n) is 2.03. The zero-order valence-corrected chi connectivity index (χ0v) is 14.4. The van der Waals surface area contributed by atoms with Gasteiger partial charge in [0.05, 0.1) is 5.75 Å². The molecule has 0 aliphatic heterocycles. The van der Waals surface area contributed by atoms with Gasteiger partial charge in [0.1, 0.15) is 11.5 Å². The van der Waals surface area contributed by atoms with Crippen molar-refractivity contribution >= 4 is 23.4 Å². The van der Waals surface area contributed by atoms with Crippen molar-refractivity contribution in [3.63, 3.8) is 0 Å². The minimum atomic E-state index is 0.486. The molecular weight excluding hydrogens is 334 g/mol. The van der Waals surface area contributed by atoms with E-state index in [2.05, 4.69) is 34.5 Å². The minimum absolute atomic E-state index is 0.486. The third-order valence-electron chi connectivity index (χ3n) is 3.08. The van der Waals surface area contributed by atoms with Crippen LogP contribution in [-0.4, -0.2) is 25.4 Å². The van der Waals surface area contributed by atoms with Crippen LogP contribution in [0.15, 0.2) is 40.0 Å². The van der Waals surface area contributed by atoms with Crippen molar-refractivity contribution in [2.24, 2.45) is 5.92 Å². The van der Waals surface area contributed by atoms with Crippen LogP contribution in [0.3, 0.4) is 0 Å². The summed E-state index contributed by atoms with van der Waals surface area (Å²) in [5.74, 6) is 1.89. The predicted molar refractivity (Wildman–Crippen MR) is 89.2 cm³/mol. The Balaban J connectivity index is 1.66. The molecule has 0 N–H and O–H groups in total. The molecule has 0 fully saturated rings. The van der Waals surface area contributed by atoms with E-state index >= 15 is 0 Å². The lowest BCUT2D eigenvalue weighted by Crippen LogP contribution is -2.07. The van der Waals surface area contributed by atoms with Gasteiger partial charge in [0.15, 0.2) is 0 Å².